The van der Waals surface area contributed by atoms with Crippen LogP contribution in [0.25, 0.3) is 0 Å². The van der Waals surface area contributed by atoms with Gasteiger partial charge in [-0.1, -0.05) is 6.92 Å². The number of amides is 1. The van der Waals surface area contributed by atoms with Gasteiger partial charge in [0, 0.05) is 18.9 Å². The summed E-state index contributed by atoms with van der Waals surface area (Å²) in [7, 11) is 0. The van der Waals surface area contributed by atoms with Crippen LogP contribution in [0.15, 0.2) is 0 Å². The summed E-state index contributed by atoms with van der Waals surface area (Å²) in [5, 5.41) is 37.9. The number of rotatable bonds is 5. The summed E-state index contributed by atoms with van der Waals surface area (Å²) < 4.78 is 5.36. The second-order valence-electron chi connectivity index (χ2n) is 4.51. The van der Waals surface area contributed by atoms with E-state index >= 15 is 0 Å². The highest BCUT2D eigenvalue weighted by molar-refractivity contribution is 5.77. The first kappa shape index (κ1) is 15.3. The summed E-state index contributed by atoms with van der Waals surface area (Å²) in [6.07, 6.45) is -4.21. The lowest BCUT2D eigenvalue weighted by molar-refractivity contribution is -0.217. The van der Waals surface area contributed by atoms with Gasteiger partial charge >= 0.3 is 0 Å². The van der Waals surface area contributed by atoms with Crippen molar-refractivity contribution in [3.8, 4) is 0 Å². The van der Waals surface area contributed by atoms with Gasteiger partial charge in [0.2, 0.25) is 5.91 Å². The number of aliphatic hydroxyl groups is 4. The highest BCUT2D eigenvalue weighted by atomic mass is 16.5. The first-order valence-corrected chi connectivity index (χ1v) is 5.83. The zero-order chi connectivity index (χ0) is 13.9. The van der Waals surface area contributed by atoms with Crippen LogP contribution in [-0.4, -0.2) is 63.5 Å². The number of carbonyl (C=O) groups is 1. The molecule has 1 rings (SSSR count). The number of primary amides is 1. The number of hydrogen-bond donors (Lipinski definition) is 5. The average Bonchev–Trinajstić information content (AvgIpc) is 2.32. The van der Waals surface area contributed by atoms with Crippen molar-refractivity contribution in [2.45, 2.75) is 43.9 Å². The monoisotopic (exact) mass is 262 g/mol. The van der Waals surface area contributed by atoms with E-state index in [1.165, 1.54) is 13.3 Å². The predicted octanol–water partition coefficient (Wildman–Crippen LogP) is -2.46. The minimum atomic E-state index is -1.39. The maximum Gasteiger partial charge on any atom is 0.220 e. The van der Waals surface area contributed by atoms with Crippen molar-refractivity contribution in [1.29, 1.82) is 0 Å². The van der Waals surface area contributed by atoms with E-state index in [1.54, 1.807) is 0 Å². The molecular weight excluding hydrogens is 242 g/mol. The Kier molecular flexibility index (Phi) is 5.48. The van der Waals surface area contributed by atoms with Gasteiger partial charge < -0.3 is 30.9 Å². The third-order valence-electron chi connectivity index (χ3n) is 3.09. The summed E-state index contributed by atoms with van der Waals surface area (Å²) in [6.45, 7) is 1.32. The molecule has 0 spiro atoms. The van der Waals surface area contributed by atoms with Crippen molar-refractivity contribution in [1.82, 2.24) is 0 Å². The fraction of sp³-hybridized carbons (Fsp3) is 0.818. The molecule has 1 radical (unpaired) electrons. The molecule has 1 amide bonds. The molecule has 6 atom stereocenters. The molecule has 0 aromatic carbocycles. The Morgan fingerprint density at radius 3 is 2.44 bits per heavy atom. The van der Waals surface area contributed by atoms with Crippen LogP contribution in [0.3, 0.4) is 0 Å². The average molecular weight is 262 g/mol. The molecule has 1 heterocycles. The molecule has 0 aromatic heterocycles. The molecule has 0 aliphatic carbocycles. The van der Waals surface area contributed by atoms with Crippen molar-refractivity contribution in [2.24, 2.45) is 11.7 Å². The van der Waals surface area contributed by atoms with Crippen LogP contribution in [-0.2, 0) is 9.53 Å². The van der Waals surface area contributed by atoms with Gasteiger partial charge in [0.25, 0.3) is 0 Å². The van der Waals surface area contributed by atoms with E-state index in [-0.39, 0.29) is 13.0 Å². The summed E-state index contributed by atoms with van der Waals surface area (Å²) in [5.41, 5.74) is 5.09. The third-order valence-corrected chi connectivity index (χ3v) is 3.09. The van der Waals surface area contributed by atoms with E-state index in [1.807, 2.05) is 0 Å². The fourth-order valence-electron chi connectivity index (χ4n) is 1.88. The molecule has 0 saturated carbocycles. The SMILES string of the molecule is CC([CH]C1OC(CCO)C(O)C(O)C1O)C(N)=O. The first-order valence-electron chi connectivity index (χ1n) is 5.83. The lowest BCUT2D eigenvalue weighted by Gasteiger charge is -2.41. The maximum atomic E-state index is 10.9. The predicted molar refractivity (Wildman–Crippen MR) is 61.0 cm³/mol. The molecule has 18 heavy (non-hydrogen) atoms. The Labute approximate surface area is 105 Å². The lowest BCUT2D eigenvalue weighted by atomic mass is 9.89. The van der Waals surface area contributed by atoms with Gasteiger partial charge in [0.15, 0.2) is 0 Å². The molecule has 0 aromatic rings. The van der Waals surface area contributed by atoms with Gasteiger partial charge in [-0.2, -0.15) is 0 Å². The second kappa shape index (κ2) is 6.44. The zero-order valence-corrected chi connectivity index (χ0v) is 10.1. The maximum absolute atomic E-state index is 10.9. The topological polar surface area (TPSA) is 133 Å². The smallest absolute Gasteiger partial charge is 0.220 e. The number of carbonyl (C=O) groups excluding carboxylic acids is 1. The van der Waals surface area contributed by atoms with E-state index in [0.29, 0.717) is 0 Å². The Morgan fingerprint density at radius 1 is 1.33 bits per heavy atom. The number of ether oxygens (including phenoxy) is 1. The minimum absolute atomic E-state index is 0.125. The highest BCUT2D eigenvalue weighted by Gasteiger charge is 2.43. The van der Waals surface area contributed by atoms with E-state index in [0.717, 1.165) is 0 Å². The number of hydrogen-bond acceptors (Lipinski definition) is 6. The van der Waals surface area contributed by atoms with E-state index < -0.39 is 42.3 Å². The quantitative estimate of drug-likeness (QED) is 0.373. The van der Waals surface area contributed by atoms with Crippen molar-refractivity contribution in [3.05, 3.63) is 6.42 Å². The van der Waals surface area contributed by atoms with Crippen LogP contribution >= 0.6 is 0 Å². The molecule has 7 heteroatoms. The van der Waals surface area contributed by atoms with Gasteiger partial charge in [-0.25, -0.2) is 0 Å². The summed E-state index contributed by atoms with van der Waals surface area (Å²) in [6, 6.07) is 0. The minimum Gasteiger partial charge on any atom is -0.396 e. The Hall–Kier alpha value is -0.730. The third kappa shape index (κ3) is 3.39. The van der Waals surface area contributed by atoms with Crippen LogP contribution in [0, 0.1) is 12.3 Å². The molecule has 1 aliphatic heterocycles. The Bertz CT molecular complexity index is 287. The molecule has 1 fully saturated rings. The highest BCUT2D eigenvalue weighted by Crippen LogP contribution is 2.26. The van der Waals surface area contributed by atoms with E-state index in [4.69, 9.17) is 15.6 Å². The second-order valence-corrected chi connectivity index (χ2v) is 4.51. The lowest BCUT2D eigenvalue weighted by Crippen LogP contribution is -2.58. The van der Waals surface area contributed by atoms with Crippen LogP contribution in [0.1, 0.15) is 13.3 Å². The molecule has 6 N–H and O–H groups in total. The van der Waals surface area contributed by atoms with Gasteiger partial charge in [0.05, 0.1) is 12.2 Å². The first-order chi connectivity index (χ1) is 8.38. The normalized spacial score (nSPS) is 38.4. The van der Waals surface area contributed by atoms with Crippen molar-refractivity contribution >= 4 is 5.91 Å². The molecule has 1 aliphatic rings. The molecule has 6 unspecified atom stereocenters. The van der Waals surface area contributed by atoms with Crippen molar-refractivity contribution < 1.29 is 30.0 Å². The largest absolute Gasteiger partial charge is 0.396 e. The number of nitrogens with two attached hydrogens (primary N) is 1. The van der Waals surface area contributed by atoms with E-state index in [2.05, 4.69) is 0 Å². The Morgan fingerprint density at radius 2 is 1.94 bits per heavy atom. The summed E-state index contributed by atoms with van der Waals surface area (Å²) in [4.78, 5) is 10.9. The van der Waals surface area contributed by atoms with Gasteiger partial charge in [0.1, 0.15) is 18.3 Å². The van der Waals surface area contributed by atoms with Crippen molar-refractivity contribution in [3.63, 3.8) is 0 Å². The van der Waals surface area contributed by atoms with Crippen LogP contribution < -0.4 is 5.73 Å². The molecule has 0 bridgehead atoms. The zero-order valence-electron chi connectivity index (χ0n) is 10.1. The molecule has 7 nitrogen and oxygen atoms in total. The fourth-order valence-corrected chi connectivity index (χ4v) is 1.88. The molecule has 105 valence electrons. The van der Waals surface area contributed by atoms with Gasteiger partial charge in [-0.05, 0) is 6.42 Å². The number of aliphatic hydroxyl groups excluding tert-OH is 4. The van der Waals surface area contributed by atoms with Crippen molar-refractivity contribution in [2.75, 3.05) is 6.61 Å². The standard InChI is InChI=1S/C11H20NO6/c1-5(11(12)17)4-7-9(15)10(16)8(14)6(18-7)2-3-13/h4-10,13-16H,2-3H2,1H3,(H2,12,17). The molecular formula is C11H20NO6. The summed E-state index contributed by atoms with van der Waals surface area (Å²) in [5.74, 6) is -1.22. The Balaban J connectivity index is 2.69. The summed E-state index contributed by atoms with van der Waals surface area (Å²) >= 11 is 0. The van der Waals surface area contributed by atoms with Crippen LogP contribution in [0.5, 0.6) is 0 Å². The van der Waals surface area contributed by atoms with Gasteiger partial charge in [-0.3, -0.25) is 4.79 Å². The van der Waals surface area contributed by atoms with Gasteiger partial charge in [-0.15, -0.1) is 0 Å². The van der Waals surface area contributed by atoms with Crippen LogP contribution in [0.4, 0.5) is 0 Å². The van der Waals surface area contributed by atoms with E-state index in [9.17, 15) is 20.1 Å². The molecule has 1 saturated heterocycles. The van der Waals surface area contributed by atoms with Crippen LogP contribution in [0.2, 0.25) is 0 Å².